The summed E-state index contributed by atoms with van der Waals surface area (Å²) in [6.07, 6.45) is 0. The van der Waals surface area contributed by atoms with Crippen LogP contribution in [0.3, 0.4) is 0 Å². The first kappa shape index (κ1) is 15.3. The summed E-state index contributed by atoms with van der Waals surface area (Å²) >= 11 is 0. The summed E-state index contributed by atoms with van der Waals surface area (Å²) in [5.74, 6) is -4.47. The predicted octanol–water partition coefficient (Wildman–Crippen LogP) is 3.25. The van der Waals surface area contributed by atoms with Gasteiger partial charge in [-0.05, 0) is 5.56 Å². The number of carbonyl (C=O) groups is 1. The van der Waals surface area contributed by atoms with E-state index in [9.17, 15) is 22.0 Å². The highest BCUT2D eigenvalue weighted by Gasteiger charge is 2.40. The van der Waals surface area contributed by atoms with Crippen LogP contribution in [0.25, 0.3) is 0 Å². The van der Waals surface area contributed by atoms with Gasteiger partial charge in [0.15, 0.2) is 11.0 Å². The Hall–Kier alpha value is -2.08. The van der Waals surface area contributed by atoms with Crippen molar-refractivity contribution in [3.63, 3.8) is 0 Å². The number of benzene rings is 2. The first-order valence-corrected chi connectivity index (χ1v) is 7.70. The molecular weight excluding hydrogens is 298 g/mol. The summed E-state index contributed by atoms with van der Waals surface area (Å²) in [6.45, 7) is 0. The zero-order valence-corrected chi connectivity index (χ0v) is 11.6. The molecule has 0 aliphatic heterocycles. The fraction of sp³-hybridized carbons (Fsp3) is 0.133. The van der Waals surface area contributed by atoms with Gasteiger partial charge in [0.1, 0.15) is 0 Å². The van der Waals surface area contributed by atoms with Gasteiger partial charge in [-0.3, -0.25) is 4.79 Å². The minimum Gasteiger partial charge on any atom is -0.292 e. The molecule has 2 aromatic rings. The number of halogens is 2. The van der Waals surface area contributed by atoms with Crippen molar-refractivity contribution in [2.24, 2.45) is 0 Å². The van der Waals surface area contributed by atoms with E-state index in [2.05, 4.69) is 0 Å². The SMILES string of the molecule is O=C(c1ccccc1)C(c1ccccc1)S(=O)(=O)C(F)F. The van der Waals surface area contributed by atoms with Crippen LogP contribution in [0.2, 0.25) is 0 Å². The van der Waals surface area contributed by atoms with Crippen molar-refractivity contribution in [2.45, 2.75) is 11.0 Å². The Morgan fingerprint density at radius 1 is 0.857 bits per heavy atom. The molecule has 2 rings (SSSR count). The molecule has 0 spiro atoms. The van der Waals surface area contributed by atoms with Crippen molar-refractivity contribution < 1.29 is 22.0 Å². The van der Waals surface area contributed by atoms with E-state index >= 15 is 0 Å². The highest BCUT2D eigenvalue weighted by Crippen LogP contribution is 2.30. The standard InChI is InChI=1S/C15H12F2O3S/c16-15(17)21(19,20)14(12-9-5-2-6-10-12)13(18)11-7-3-1-4-8-11/h1-10,14-15H. The third-order valence-corrected chi connectivity index (χ3v) is 4.62. The van der Waals surface area contributed by atoms with E-state index in [1.165, 1.54) is 36.4 Å². The molecule has 0 amide bonds. The third-order valence-electron chi connectivity index (χ3n) is 2.98. The lowest BCUT2D eigenvalue weighted by atomic mass is 10.0. The molecule has 0 saturated heterocycles. The average Bonchev–Trinajstić information content (AvgIpc) is 2.49. The summed E-state index contributed by atoms with van der Waals surface area (Å²) in [5, 5.41) is -1.90. The predicted molar refractivity (Wildman–Crippen MR) is 74.9 cm³/mol. The van der Waals surface area contributed by atoms with Crippen molar-refractivity contribution in [1.82, 2.24) is 0 Å². The van der Waals surface area contributed by atoms with Gasteiger partial charge in [0.05, 0.1) is 0 Å². The number of ketones is 1. The number of hydrogen-bond acceptors (Lipinski definition) is 3. The Morgan fingerprint density at radius 2 is 1.33 bits per heavy atom. The van der Waals surface area contributed by atoms with Gasteiger partial charge in [-0.15, -0.1) is 0 Å². The van der Waals surface area contributed by atoms with E-state index in [0.29, 0.717) is 0 Å². The normalized spacial score (nSPS) is 13.1. The van der Waals surface area contributed by atoms with E-state index in [0.717, 1.165) is 0 Å². The molecule has 0 aliphatic carbocycles. The zero-order valence-electron chi connectivity index (χ0n) is 10.8. The summed E-state index contributed by atoms with van der Waals surface area (Å²) in [4.78, 5) is 12.4. The number of carbonyl (C=O) groups excluding carboxylic acids is 1. The molecule has 1 atom stereocenters. The molecule has 0 aliphatic rings. The van der Waals surface area contributed by atoms with Crippen LogP contribution in [0.5, 0.6) is 0 Å². The molecule has 0 radical (unpaired) electrons. The number of sulfone groups is 1. The van der Waals surface area contributed by atoms with Gasteiger partial charge in [0, 0.05) is 5.56 Å². The maximum absolute atomic E-state index is 12.9. The molecule has 6 heteroatoms. The zero-order chi connectivity index (χ0) is 15.5. The summed E-state index contributed by atoms with van der Waals surface area (Å²) in [6, 6.07) is 14.9. The fourth-order valence-corrected chi connectivity index (χ4v) is 3.15. The van der Waals surface area contributed by atoms with Gasteiger partial charge >= 0.3 is 5.76 Å². The molecule has 110 valence electrons. The lowest BCUT2D eigenvalue weighted by Gasteiger charge is -2.16. The van der Waals surface area contributed by atoms with E-state index in [1.807, 2.05) is 0 Å². The van der Waals surface area contributed by atoms with Crippen molar-refractivity contribution in [3.05, 3.63) is 71.8 Å². The van der Waals surface area contributed by atoms with Gasteiger partial charge in [-0.2, -0.15) is 8.78 Å². The van der Waals surface area contributed by atoms with Crippen LogP contribution < -0.4 is 0 Å². The molecule has 2 aromatic carbocycles. The van der Waals surface area contributed by atoms with Crippen molar-refractivity contribution >= 4 is 15.6 Å². The fourth-order valence-electron chi connectivity index (χ4n) is 1.97. The average molecular weight is 310 g/mol. The van der Waals surface area contributed by atoms with Crippen LogP contribution in [0, 0.1) is 0 Å². The maximum atomic E-state index is 12.9. The topological polar surface area (TPSA) is 51.2 Å². The molecule has 3 nitrogen and oxygen atoms in total. The van der Waals surface area contributed by atoms with Gasteiger partial charge < -0.3 is 0 Å². The second kappa shape index (κ2) is 6.13. The summed E-state index contributed by atoms with van der Waals surface area (Å²) < 4.78 is 49.5. The summed E-state index contributed by atoms with van der Waals surface area (Å²) in [7, 11) is -4.92. The van der Waals surface area contributed by atoms with E-state index < -0.39 is 26.6 Å². The summed E-state index contributed by atoms with van der Waals surface area (Å²) in [5.41, 5.74) is 0.113. The Labute approximate surface area is 121 Å². The Bertz CT molecular complexity index is 713. The highest BCUT2D eigenvalue weighted by atomic mass is 32.2. The second-order valence-electron chi connectivity index (χ2n) is 4.37. The van der Waals surface area contributed by atoms with Crippen molar-refractivity contribution in [2.75, 3.05) is 0 Å². The van der Waals surface area contributed by atoms with Crippen LogP contribution >= 0.6 is 0 Å². The first-order chi connectivity index (χ1) is 9.94. The van der Waals surface area contributed by atoms with Crippen LogP contribution in [-0.2, 0) is 9.84 Å². The van der Waals surface area contributed by atoms with Crippen LogP contribution in [0.15, 0.2) is 60.7 Å². The van der Waals surface area contributed by atoms with Crippen LogP contribution in [0.4, 0.5) is 8.78 Å². The maximum Gasteiger partial charge on any atom is 0.337 e. The number of hydrogen-bond donors (Lipinski definition) is 0. The molecule has 0 fully saturated rings. The number of Topliss-reactive ketones (excluding diaryl/α,β-unsaturated/α-hetero) is 1. The molecule has 1 unspecified atom stereocenters. The molecule has 0 aromatic heterocycles. The molecule has 0 bridgehead atoms. The lowest BCUT2D eigenvalue weighted by Crippen LogP contribution is -2.27. The minimum atomic E-state index is -4.92. The second-order valence-corrected chi connectivity index (χ2v) is 6.38. The molecular formula is C15H12F2O3S. The Morgan fingerprint density at radius 3 is 1.81 bits per heavy atom. The Kier molecular flexibility index (Phi) is 4.47. The van der Waals surface area contributed by atoms with Gasteiger partial charge in [-0.25, -0.2) is 8.42 Å². The van der Waals surface area contributed by atoms with Crippen molar-refractivity contribution in [1.29, 1.82) is 0 Å². The van der Waals surface area contributed by atoms with Gasteiger partial charge in [-0.1, -0.05) is 60.7 Å². The van der Waals surface area contributed by atoms with E-state index in [4.69, 9.17) is 0 Å². The quantitative estimate of drug-likeness (QED) is 0.797. The third kappa shape index (κ3) is 3.16. The van der Waals surface area contributed by atoms with Crippen LogP contribution in [-0.4, -0.2) is 20.0 Å². The van der Waals surface area contributed by atoms with Crippen molar-refractivity contribution in [3.8, 4) is 0 Å². The van der Waals surface area contributed by atoms with E-state index in [1.54, 1.807) is 24.3 Å². The first-order valence-electron chi connectivity index (χ1n) is 6.09. The molecule has 21 heavy (non-hydrogen) atoms. The molecule has 0 heterocycles. The lowest BCUT2D eigenvalue weighted by molar-refractivity contribution is 0.0982. The molecule has 0 N–H and O–H groups in total. The van der Waals surface area contributed by atoms with Gasteiger partial charge in [0.25, 0.3) is 0 Å². The minimum absolute atomic E-state index is 0.0339. The van der Waals surface area contributed by atoms with Gasteiger partial charge in [0.2, 0.25) is 9.84 Å². The highest BCUT2D eigenvalue weighted by molar-refractivity contribution is 7.92. The smallest absolute Gasteiger partial charge is 0.292 e. The molecule has 0 saturated carbocycles. The number of alkyl halides is 2. The monoisotopic (exact) mass is 310 g/mol. The Balaban J connectivity index is 2.55. The largest absolute Gasteiger partial charge is 0.337 e. The number of rotatable bonds is 5. The van der Waals surface area contributed by atoms with Crippen LogP contribution in [0.1, 0.15) is 21.2 Å². The van der Waals surface area contributed by atoms with E-state index in [-0.39, 0.29) is 11.1 Å².